The van der Waals surface area contributed by atoms with Crippen LogP contribution in [0.15, 0.2) is 42.5 Å². The van der Waals surface area contributed by atoms with Gasteiger partial charge in [0.15, 0.2) is 0 Å². The van der Waals surface area contributed by atoms with Gasteiger partial charge in [0.2, 0.25) is 5.91 Å². The number of anilines is 2. The number of aryl methyl sites for hydroxylation is 1. The summed E-state index contributed by atoms with van der Waals surface area (Å²) in [6.07, 6.45) is 0. The second kappa shape index (κ2) is 6.31. The molecule has 0 fully saturated rings. The average molecular weight is 283 g/mol. The van der Waals surface area contributed by atoms with Crippen LogP contribution in [0.25, 0.3) is 0 Å². The molecule has 0 aliphatic rings. The van der Waals surface area contributed by atoms with Crippen LogP contribution < -0.4 is 16.4 Å². The van der Waals surface area contributed by atoms with E-state index in [0.29, 0.717) is 11.3 Å². The molecule has 2 aromatic rings. The number of hydrogen-bond donors (Lipinski definition) is 2. The summed E-state index contributed by atoms with van der Waals surface area (Å²) in [5.41, 5.74) is 15.8. The van der Waals surface area contributed by atoms with Crippen LogP contribution >= 0.6 is 0 Å². The lowest BCUT2D eigenvalue weighted by atomic mass is 10.1. The smallest absolute Gasteiger partial charge is 0.248 e. The molecule has 4 nitrogen and oxygen atoms in total. The highest BCUT2D eigenvalue weighted by atomic mass is 16.1. The maximum absolute atomic E-state index is 11.2. The largest absolute Gasteiger partial charge is 0.397 e. The van der Waals surface area contributed by atoms with Crippen LogP contribution in [0.5, 0.6) is 0 Å². The summed E-state index contributed by atoms with van der Waals surface area (Å²) < 4.78 is 0. The number of nitrogen functional groups attached to an aromatic ring is 1. The first kappa shape index (κ1) is 14.9. The highest BCUT2D eigenvalue weighted by Gasteiger charge is 2.12. The van der Waals surface area contributed by atoms with Crippen molar-refractivity contribution in [3.63, 3.8) is 0 Å². The minimum atomic E-state index is -0.463. The summed E-state index contributed by atoms with van der Waals surface area (Å²) in [4.78, 5) is 13.4. The van der Waals surface area contributed by atoms with Crippen LogP contribution in [0.3, 0.4) is 0 Å². The number of rotatable bonds is 5. The van der Waals surface area contributed by atoms with Crippen molar-refractivity contribution in [2.75, 3.05) is 17.2 Å². The van der Waals surface area contributed by atoms with Crippen molar-refractivity contribution < 1.29 is 4.79 Å². The van der Waals surface area contributed by atoms with Gasteiger partial charge in [-0.25, -0.2) is 0 Å². The summed E-state index contributed by atoms with van der Waals surface area (Å²) in [6, 6.07) is 13.5. The molecule has 4 heteroatoms. The maximum atomic E-state index is 11.2. The molecule has 110 valence electrons. The molecule has 0 heterocycles. The number of carbonyl (C=O) groups excluding carboxylic acids is 1. The topological polar surface area (TPSA) is 72.3 Å². The summed E-state index contributed by atoms with van der Waals surface area (Å²) in [5, 5.41) is 0. The molecule has 0 atom stereocenters. The van der Waals surface area contributed by atoms with E-state index in [1.165, 1.54) is 11.1 Å². The Morgan fingerprint density at radius 1 is 1.19 bits per heavy atom. The van der Waals surface area contributed by atoms with Crippen molar-refractivity contribution in [3.8, 4) is 0 Å². The zero-order valence-electron chi connectivity index (χ0n) is 12.5. The second-order valence-electron chi connectivity index (χ2n) is 5.08. The van der Waals surface area contributed by atoms with Gasteiger partial charge in [0, 0.05) is 18.7 Å². The van der Waals surface area contributed by atoms with E-state index >= 15 is 0 Å². The molecular weight excluding hydrogens is 262 g/mol. The van der Waals surface area contributed by atoms with Crippen LogP contribution in [0.4, 0.5) is 11.4 Å². The molecule has 2 rings (SSSR count). The van der Waals surface area contributed by atoms with Crippen molar-refractivity contribution in [3.05, 3.63) is 59.2 Å². The van der Waals surface area contributed by atoms with E-state index in [9.17, 15) is 4.79 Å². The lowest BCUT2D eigenvalue weighted by Gasteiger charge is -2.25. The highest BCUT2D eigenvalue weighted by molar-refractivity contribution is 5.94. The fraction of sp³-hybridized carbons (Fsp3) is 0.235. The van der Waals surface area contributed by atoms with Gasteiger partial charge in [-0.2, -0.15) is 0 Å². The van der Waals surface area contributed by atoms with Crippen LogP contribution in [-0.2, 0) is 6.54 Å². The number of hydrogen-bond acceptors (Lipinski definition) is 3. The molecule has 0 aliphatic heterocycles. The Labute approximate surface area is 125 Å². The number of primary amides is 1. The fourth-order valence-electron chi connectivity index (χ4n) is 2.36. The third-order valence-corrected chi connectivity index (χ3v) is 3.66. The Morgan fingerprint density at radius 2 is 1.90 bits per heavy atom. The molecule has 0 radical (unpaired) electrons. The lowest BCUT2D eigenvalue weighted by Crippen LogP contribution is -2.24. The maximum Gasteiger partial charge on any atom is 0.248 e. The number of benzene rings is 2. The molecule has 21 heavy (non-hydrogen) atoms. The van der Waals surface area contributed by atoms with E-state index in [1.807, 2.05) is 18.2 Å². The Balaban J connectivity index is 2.30. The summed E-state index contributed by atoms with van der Waals surface area (Å²) in [5.74, 6) is -0.463. The van der Waals surface area contributed by atoms with E-state index in [2.05, 4.69) is 30.9 Å². The molecule has 1 amide bonds. The van der Waals surface area contributed by atoms with Crippen molar-refractivity contribution in [1.29, 1.82) is 0 Å². The van der Waals surface area contributed by atoms with E-state index in [4.69, 9.17) is 11.5 Å². The molecule has 0 bridgehead atoms. The number of nitrogens with zero attached hydrogens (tertiary/aromatic N) is 1. The van der Waals surface area contributed by atoms with Gasteiger partial charge >= 0.3 is 0 Å². The Bertz CT molecular complexity index is 652. The quantitative estimate of drug-likeness (QED) is 0.829. The molecule has 0 unspecified atom stereocenters. The van der Waals surface area contributed by atoms with Gasteiger partial charge in [-0.15, -0.1) is 0 Å². The molecule has 0 saturated carbocycles. The first-order chi connectivity index (χ1) is 10.0. The molecule has 2 aromatic carbocycles. The minimum absolute atomic E-state index is 0.434. The van der Waals surface area contributed by atoms with Crippen molar-refractivity contribution >= 4 is 17.3 Å². The number of amides is 1. The van der Waals surface area contributed by atoms with Crippen LogP contribution in [-0.4, -0.2) is 12.5 Å². The molecule has 0 saturated heterocycles. The van der Waals surface area contributed by atoms with Gasteiger partial charge in [-0.05, 0) is 43.2 Å². The molecule has 0 spiro atoms. The third-order valence-electron chi connectivity index (χ3n) is 3.66. The molecule has 0 aliphatic carbocycles. The first-order valence-corrected chi connectivity index (χ1v) is 7.01. The zero-order chi connectivity index (χ0) is 15.4. The minimum Gasteiger partial charge on any atom is -0.397 e. The molecule has 0 aromatic heterocycles. The first-order valence-electron chi connectivity index (χ1n) is 7.01. The van der Waals surface area contributed by atoms with Crippen molar-refractivity contribution in [1.82, 2.24) is 0 Å². The predicted octanol–water partition coefficient (Wildman–Crippen LogP) is 2.70. The lowest BCUT2D eigenvalue weighted by molar-refractivity contribution is 0.100. The Morgan fingerprint density at radius 3 is 2.48 bits per heavy atom. The average Bonchev–Trinajstić information content (AvgIpc) is 2.47. The normalized spacial score (nSPS) is 10.4. The summed E-state index contributed by atoms with van der Waals surface area (Å²) in [7, 11) is 0. The van der Waals surface area contributed by atoms with Gasteiger partial charge in [-0.1, -0.05) is 24.3 Å². The standard InChI is InChI=1S/C17H21N3O/c1-3-20(11-14-7-5-4-6-12(14)2)16-9-8-13(17(19)21)10-15(16)18/h4-10H,3,11,18H2,1-2H3,(H2,19,21). The summed E-state index contributed by atoms with van der Waals surface area (Å²) >= 11 is 0. The Kier molecular flexibility index (Phi) is 4.48. The van der Waals surface area contributed by atoms with E-state index in [0.717, 1.165) is 18.8 Å². The number of carbonyl (C=O) groups is 1. The fourth-order valence-corrected chi connectivity index (χ4v) is 2.36. The number of nitrogens with two attached hydrogens (primary N) is 2. The van der Waals surface area contributed by atoms with Crippen LogP contribution in [0, 0.1) is 6.92 Å². The van der Waals surface area contributed by atoms with Gasteiger partial charge in [0.1, 0.15) is 0 Å². The SMILES string of the molecule is CCN(Cc1ccccc1C)c1ccc(C(N)=O)cc1N. The van der Waals surface area contributed by atoms with E-state index in [1.54, 1.807) is 12.1 Å². The Hall–Kier alpha value is -2.49. The monoisotopic (exact) mass is 283 g/mol. The van der Waals surface area contributed by atoms with E-state index < -0.39 is 5.91 Å². The predicted molar refractivity (Wildman–Crippen MR) is 87.3 cm³/mol. The molecule has 4 N–H and O–H groups in total. The molecular formula is C17H21N3O. The highest BCUT2D eigenvalue weighted by Crippen LogP contribution is 2.26. The second-order valence-corrected chi connectivity index (χ2v) is 5.08. The van der Waals surface area contributed by atoms with Crippen LogP contribution in [0.2, 0.25) is 0 Å². The summed E-state index contributed by atoms with van der Waals surface area (Å²) in [6.45, 7) is 5.79. The van der Waals surface area contributed by atoms with E-state index in [-0.39, 0.29) is 0 Å². The van der Waals surface area contributed by atoms with Crippen LogP contribution in [0.1, 0.15) is 28.4 Å². The van der Waals surface area contributed by atoms with Crippen molar-refractivity contribution in [2.45, 2.75) is 20.4 Å². The van der Waals surface area contributed by atoms with Gasteiger partial charge in [0.05, 0.1) is 11.4 Å². The van der Waals surface area contributed by atoms with Gasteiger partial charge < -0.3 is 16.4 Å². The van der Waals surface area contributed by atoms with Crippen molar-refractivity contribution in [2.24, 2.45) is 5.73 Å². The van der Waals surface area contributed by atoms with Gasteiger partial charge in [0.25, 0.3) is 0 Å². The zero-order valence-corrected chi connectivity index (χ0v) is 12.5. The third kappa shape index (κ3) is 3.34. The van der Waals surface area contributed by atoms with Gasteiger partial charge in [-0.3, -0.25) is 4.79 Å².